The number of Topliss-reactive ketones (excluding diaryl/α,β-unsaturated/α-hetero) is 4. The van der Waals surface area contributed by atoms with Crippen LogP contribution in [0, 0.1) is 41.5 Å². The molecular formula is C92H117N13O16. The van der Waals surface area contributed by atoms with Crippen LogP contribution in [0.5, 0.6) is 23.0 Å². The number of rotatable bonds is 39. The summed E-state index contributed by atoms with van der Waals surface area (Å²) in [4.78, 5) is 125. The Hall–Kier alpha value is -11.0. The van der Waals surface area contributed by atoms with Crippen molar-refractivity contribution >= 4 is 46.2 Å². The van der Waals surface area contributed by atoms with Crippen molar-refractivity contribution in [2.75, 3.05) is 151 Å². The van der Waals surface area contributed by atoms with Gasteiger partial charge in [0, 0.05) is 175 Å². The molecule has 4 aromatic heterocycles. The van der Waals surface area contributed by atoms with Crippen LogP contribution in [0.4, 0.5) is 0 Å². The molecule has 5 aromatic carbocycles. The fourth-order valence-electron chi connectivity index (χ4n) is 15.0. The van der Waals surface area contributed by atoms with E-state index in [-0.39, 0.29) is 75.2 Å². The van der Waals surface area contributed by atoms with Gasteiger partial charge in [-0.2, -0.15) is 0 Å². The SMILES string of the molecule is Cc1cccc(C)c1CC(=O)CN1CCN(CC(O)COC(=O)CCCCn2c(=O)c3c(ncn3C)n(C)c2=O)CC1.Cc1cccc(C)c1CC(=O)CN1CCN(CC(O)COc2ccccc2OCC(=O)c2cccnc2)CC1.Cc1cccc(C)c1CC(=O)CN1CCN(CC(O)COc2ccccc2OCNC(=O)c2cccnc2)CC1. The topological polar surface area (TPSA) is 328 Å². The van der Waals surface area contributed by atoms with Crippen molar-refractivity contribution in [3.63, 3.8) is 0 Å². The predicted molar refractivity (Wildman–Crippen MR) is 461 cm³/mol. The standard InChI is InChI=1S/C31H38N4O5.C31H37N3O5.C30H42N6O6/c1-23-7-5-8-24(2)28(23)17-26(36)19-34-13-15-35(16-14-34)20-27(37)21-39-29-10-3-4-11-30(29)40-22-33-31(38)25-9-6-12-32-18-25;1-23-7-5-8-24(2)28(23)17-26(35)19-33-13-15-34(16-14-33)20-27(36)21-38-30-10-3-4-11-31(30)39-22-29(37)25-9-6-12-32-18-25;1-21-8-7-9-22(2)25(21)16-23(37)17-34-12-14-35(15-13-34)18-24(38)19-42-26(39)10-5-6-11-36-29(40)27-28(31-20-32(27)3)33(4)30(36)41/h3-12,18,27,37H,13-17,19-22H2,1-2H3,(H,33,38);3-12,18,27,36H,13-17,19-22H2,1-2H3;7-9,20,24,38H,5-6,10-19H2,1-4H3. The van der Waals surface area contributed by atoms with Crippen LogP contribution in [-0.4, -0.2) is 278 Å². The highest BCUT2D eigenvalue weighted by atomic mass is 16.5. The average molecular weight is 1660 g/mol. The van der Waals surface area contributed by atoms with Gasteiger partial charge >= 0.3 is 11.7 Å². The maximum atomic E-state index is 12.8. The van der Waals surface area contributed by atoms with Gasteiger partial charge in [-0.15, -0.1) is 0 Å². The summed E-state index contributed by atoms with van der Waals surface area (Å²) in [6, 6.07) is 39.4. The van der Waals surface area contributed by atoms with Gasteiger partial charge in [-0.1, -0.05) is 78.9 Å². The number of aryl methyl sites for hydroxylation is 8. The van der Waals surface area contributed by atoms with Crippen LogP contribution in [0.15, 0.2) is 168 Å². The highest BCUT2D eigenvalue weighted by Crippen LogP contribution is 2.29. The molecule has 0 bridgehead atoms. The Morgan fingerprint density at radius 1 is 0.455 bits per heavy atom. The van der Waals surface area contributed by atoms with Crippen molar-refractivity contribution in [1.82, 2.24) is 63.4 Å². The number of unbranched alkanes of at least 4 members (excludes halogenated alkanes) is 1. The van der Waals surface area contributed by atoms with Crippen molar-refractivity contribution in [3.8, 4) is 23.0 Å². The van der Waals surface area contributed by atoms with E-state index in [9.17, 15) is 53.7 Å². The van der Waals surface area contributed by atoms with Gasteiger partial charge in [0.1, 0.15) is 38.1 Å². The van der Waals surface area contributed by atoms with E-state index >= 15 is 0 Å². The monoisotopic (exact) mass is 1660 g/mol. The number of nitrogens with zero attached hydrogens (tertiary/aromatic N) is 12. The molecule has 646 valence electrons. The Morgan fingerprint density at radius 3 is 1.26 bits per heavy atom. The van der Waals surface area contributed by atoms with Crippen LogP contribution < -0.4 is 35.5 Å². The van der Waals surface area contributed by atoms with E-state index in [0.29, 0.717) is 117 Å². The molecule has 29 heteroatoms. The number of carbonyl (C=O) groups is 6. The highest BCUT2D eigenvalue weighted by molar-refractivity contribution is 5.97. The predicted octanol–water partition coefficient (Wildman–Crippen LogP) is 6.32. The summed E-state index contributed by atoms with van der Waals surface area (Å²) in [5, 5.41) is 34.3. The molecule has 3 atom stereocenters. The minimum Gasteiger partial charge on any atom is -0.487 e. The van der Waals surface area contributed by atoms with Gasteiger partial charge in [-0.3, -0.25) is 82.1 Å². The lowest BCUT2D eigenvalue weighted by Crippen LogP contribution is -2.50. The molecule has 9 aromatic rings. The van der Waals surface area contributed by atoms with E-state index in [1.54, 1.807) is 85.7 Å². The number of fused-ring (bicyclic) bond motifs is 1. The minimum absolute atomic E-state index is 0.0337. The second kappa shape index (κ2) is 46.7. The summed E-state index contributed by atoms with van der Waals surface area (Å²) in [5.41, 5.74) is 11.1. The average Bonchev–Trinajstić information content (AvgIpc) is 1.64. The van der Waals surface area contributed by atoms with Crippen LogP contribution in [0.1, 0.15) is 90.0 Å². The second-order valence-electron chi connectivity index (χ2n) is 31.4. The number of carbonyl (C=O) groups excluding carboxylic acids is 6. The lowest BCUT2D eigenvalue weighted by molar-refractivity contribution is -0.147. The third-order valence-electron chi connectivity index (χ3n) is 22.0. The first kappa shape index (κ1) is 92.3. The number of ketones is 4. The zero-order valence-corrected chi connectivity index (χ0v) is 71.0. The van der Waals surface area contributed by atoms with Gasteiger partial charge in [0.2, 0.25) is 5.78 Å². The molecule has 3 aliphatic heterocycles. The molecule has 1 amide bonds. The maximum Gasteiger partial charge on any atom is 0.332 e. The first-order chi connectivity index (χ1) is 58.3. The van der Waals surface area contributed by atoms with Crippen LogP contribution in [0.25, 0.3) is 11.2 Å². The number of imidazole rings is 1. The number of aromatic nitrogens is 6. The fraction of sp³-hybridized carbons (Fsp3) is 0.446. The van der Waals surface area contributed by atoms with Crippen molar-refractivity contribution in [3.05, 3.63) is 241 Å². The molecule has 12 rings (SSSR count). The molecule has 3 aliphatic rings. The van der Waals surface area contributed by atoms with Crippen molar-refractivity contribution in [1.29, 1.82) is 0 Å². The smallest absolute Gasteiger partial charge is 0.332 e. The number of β-amino-alcohol motifs (C(OH)–C–C–N with tert-alkyl or cyclic N) is 3. The number of hydrogen-bond donors (Lipinski definition) is 4. The number of amides is 1. The van der Waals surface area contributed by atoms with E-state index < -0.39 is 35.5 Å². The summed E-state index contributed by atoms with van der Waals surface area (Å²) < 4.78 is 32.5. The Morgan fingerprint density at radius 2 is 0.843 bits per heavy atom. The highest BCUT2D eigenvalue weighted by Gasteiger charge is 2.27. The second-order valence-corrected chi connectivity index (χ2v) is 31.4. The molecule has 0 saturated carbocycles. The third-order valence-corrected chi connectivity index (χ3v) is 22.0. The number of esters is 1. The first-order valence-electron chi connectivity index (χ1n) is 41.5. The summed E-state index contributed by atoms with van der Waals surface area (Å²) >= 11 is 0. The van der Waals surface area contributed by atoms with Gasteiger partial charge in [0.05, 0.1) is 31.5 Å². The largest absolute Gasteiger partial charge is 0.487 e. The summed E-state index contributed by atoms with van der Waals surface area (Å²) in [5.74, 6) is 1.67. The molecular weight excluding hydrogens is 1540 g/mol. The Labute approximate surface area is 707 Å². The zero-order chi connectivity index (χ0) is 86.3. The normalized spacial score (nSPS) is 15.1. The minimum atomic E-state index is -0.807. The number of piperazine rings is 3. The third kappa shape index (κ3) is 28.6. The van der Waals surface area contributed by atoms with E-state index in [4.69, 9.17) is 23.7 Å². The van der Waals surface area contributed by atoms with Gasteiger partial charge < -0.3 is 48.9 Å². The molecule has 3 unspecified atom stereocenters. The molecule has 4 N–H and O–H groups in total. The molecule has 0 aliphatic carbocycles. The lowest BCUT2D eigenvalue weighted by Gasteiger charge is -2.35. The lowest BCUT2D eigenvalue weighted by atomic mass is 9.98. The fourth-order valence-corrected chi connectivity index (χ4v) is 15.0. The molecule has 29 nitrogen and oxygen atoms in total. The van der Waals surface area contributed by atoms with Crippen LogP contribution in [0.3, 0.4) is 0 Å². The van der Waals surface area contributed by atoms with Crippen LogP contribution in [-0.2, 0) is 63.8 Å². The van der Waals surface area contributed by atoms with E-state index in [1.165, 1.54) is 27.9 Å². The van der Waals surface area contributed by atoms with Gasteiger partial charge in [0.15, 0.2) is 64.8 Å². The summed E-state index contributed by atoms with van der Waals surface area (Å²) in [7, 11) is 3.28. The number of ether oxygens (including phenoxy) is 5. The summed E-state index contributed by atoms with van der Waals surface area (Å²) in [6.07, 6.45) is 7.94. The van der Waals surface area contributed by atoms with Crippen LogP contribution in [0.2, 0.25) is 0 Å². The van der Waals surface area contributed by atoms with Crippen molar-refractivity contribution < 1.29 is 67.8 Å². The first-order valence-corrected chi connectivity index (χ1v) is 41.5. The number of aliphatic hydroxyl groups excluding tert-OH is 3. The molecule has 3 fully saturated rings. The molecule has 3 saturated heterocycles. The number of pyridine rings is 2. The molecule has 7 heterocycles. The molecule has 0 spiro atoms. The summed E-state index contributed by atoms with van der Waals surface area (Å²) in [6.45, 7) is 24.3. The van der Waals surface area contributed by atoms with Crippen molar-refractivity contribution in [2.24, 2.45) is 14.1 Å². The Balaban J connectivity index is 0.000000191. The molecule has 121 heavy (non-hydrogen) atoms. The maximum absolute atomic E-state index is 12.8. The van der Waals surface area contributed by atoms with E-state index in [1.807, 2.05) is 62.4 Å². The number of benzene rings is 5. The van der Waals surface area contributed by atoms with E-state index in [2.05, 4.69) is 102 Å². The van der Waals surface area contributed by atoms with Gasteiger partial charge in [-0.25, -0.2) is 9.78 Å². The van der Waals surface area contributed by atoms with E-state index in [0.717, 1.165) is 129 Å². The quantitative estimate of drug-likeness (QED) is 0.0142. The van der Waals surface area contributed by atoms with Crippen molar-refractivity contribution in [2.45, 2.75) is 105 Å². The number of para-hydroxylation sites is 4. The number of aliphatic hydroxyl groups is 3. The zero-order valence-electron chi connectivity index (χ0n) is 71.0. The number of hydrogen-bond acceptors (Lipinski definition) is 25. The molecule has 0 radical (unpaired) electrons. The van der Waals surface area contributed by atoms with Gasteiger partial charge in [-0.05, 0) is 153 Å². The Bertz CT molecular complexity index is 4960. The van der Waals surface area contributed by atoms with Crippen LogP contribution >= 0.6 is 0 Å². The Kier molecular flexibility index (Phi) is 35.6. The van der Waals surface area contributed by atoms with Gasteiger partial charge in [0.25, 0.3) is 11.5 Å². The number of nitrogens with one attached hydrogen (secondary N) is 1.